The Labute approximate surface area is 291 Å². The summed E-state index contributed by atoms with van der Waals surface area (Å²) in [4.78, 5) is 0. The van der Waals surface area contributed by atoms with Crippen LogP contribution >= 0.6 is 0 Å². The number of benzene rings is 2. The fourth-order valence-corrected chi connectivity index (χ4v) is 9.11. The second-order valence-electron chi connectivity index (χ2n) is 16.4. The monoisotopic (exact) mass is 654 g/mol. The van der Waals surface area contributed by atoms with E-state index in [0.29, 0.717) is 36.9 Å². The number of unbranched alkanes of at least 4 members (excludes halogenated alkanes) is 4. The molecule has 0 N–H and O–H groups in total. The number of ether oxygens (including phenoxy) is 4. The second-order valence-corrected chi connectivity index (χ2v) is 16.4. The van der Waals surface area contributed by atoms with E-state index >= 15 is 0 Å². The van der Waals surface area contributed by atoms with Crippen molar-refractivity contribution in [2.45, 2.75) is 155 Å². The number of aryl methyl sites for hydroxylation is 2. The van der Waals surface area contributed by atoms with Crippen LogP contribution in [-0.4, -0.2) is 24.4 Å². The maximum atomic E-state index is 6.82. The van der Waals surface area contributed by atoms with E-state index in [1.165, 1.54) is 71.9 Å². The Hall–Kier alpha value is -2.88. The van der Waals surface area contributed by atoms with Crippen LogP contribution < -0.4 is 18.9 Å². The van der Waals surface area contributed by atoms with E-state index in [4.69, 9.17) is 18.9 Å². The molecule has 0 unspecified atom stereocenters. The van der Waals surface area contributed by atoms with Gasteiger partial charge >= 0.3 is 0 Å². The molecule has 0 aromatic heterocycles. The quantitative estimate of drug-likeness (QED) is 0.159. The van der Waals surface area contributed by atoms with Crippen LogP contribution in [0, 0.1) is 11.8 Å². The number of allylic oxidation sites excluding steroid dienone is 4. The standard InChI is InChI=1S/C44H62O4/c1-9-11-13-15-31-25-37(41-33-23-29(3)17-19-35(33)43(5,6)47-39(41)27-31)45-21-22-46-38-26-32(16-14-12-10-2)28-40-42(38)34-24-30(4)18-20-36(34)44(7,8)48-40/h23-28,33-36H,9-22H2,1-8H3/t33-,34-,35-,36-/m1/s1. The lowest BCUT2D eigenvalue weighted by molar-refractivity contribution is 0.00944. The molecule has 48 heavy (non-hydrogen) atoms. The molecular weight excluding hydrogens is 592 g/mol. The molecule has 0 fully saturated rings. The van der Waals surface area contributed by atoms with Crippen LogP contribution in [0.3, 0.4) is 0 Å². The molecule has 0 bridgehead atoms. The van der Waals surface area contributed by atoms with Gasteiger partial charge in [-0.25, -0.2) is 0 Å². The Morgan fingerprint density at radius 1 is 0.625 bits per heavy atom. The average Bonchev–Trinajstić information content (AvgIpc) is 3.02. The van der Waals surface area contributed by atoms with Crippen LogP contribution in [-0.2, 0) is 12.8 Å². The third kappa shape index (κ3) is 7.34. The molecular formula is C44H62O4. The lowest BCUT2D eigenvalue weighted by atomic mass is 9.68. The van der Waals surface area contributed by atoms with Gasteiger partial charge in [0.25, 0.3) is 0 Å². The Bertz CT molecular complexity index is 1400. The number of hydrogen-bond acceptors (Lipinski definition) is 4. The number of hydrogen-bond donors (Lipinski definition) is 0. The van der Waals surface area contributed by atoms with Gasteiger partial charge < -0.3 is 18.9 Å². The molecule has 0 spiro atoms. The fraction of sp³-hybridized carbons (Fsp3) is 0.636. The van der Waals surface area contributed by atoms with Crippen molar-refractivity contribution in [2.24, 2.45) is 11.8 Å². The van der Waals surface area contributed by atoms with Crippen molar-refractivity contribution in [3.63, 3.8) is 0 Å². The predicted molar refractivity (Wildman–Crippen MR) is 198 cm³/mol. The summed E-state index contributed by atoms with van der Waals surface area (Å²) in [5.41, 5.74) is 7.60. The van der Waals surface area contributed by atoms with E-state index in [1.807, 2.05) is 0 Å². The van der Waals surface area contributed by atoms with Gasteiger partial charge in [0.05, 0.1) is 0 Å². The molecule has 2 aromatic rings. The third-order valence-corrected chi connectivity index (χ3v) is 11.8. The van der Waals surface area contributed by atoms with Crippen LogP contribution in [0.5, 0.6) is 23.0 Å². The minimum Gasteiger partial charge on any atom is -0.490 e. The van der Waals surface area contributed by atoms with E-state index in [0.717, 1.165) is 61.5 Å². The van der Waals surface area contributed by atoms with Gasteiger partial charge in [0.15, 0.2) is 0 Å². The minimum absolute atomic E-state index is 0.209. The highest BCUT2D eigenvalue weighted by molar-refractivity contribution is 5.56. The molecule has 2 heterocycles. The first-order valence-electron chi connectivity index (χ1n) is 19.3. The van der Waals surface area contributed by atoms with E-state index in [-0.39, 0.29) is 11.2 Å². The topological polar surface area (TPSA) is 36.9 Å². The Morgan fingerprint density at radius 3 is 1.44 bits per heavy atom. The SMILES string of the molecule is CCCCCc1cc(OCCOc2cc(CCCCC)cc3c2[C@@H]2C=C(C)CC[C@H]2C(C)(C)O3)c2c(c1)OC(C)(C)[C@@H]1CCC(C)=C[C@@H]21. The summed E-state index contributed by atoms with van der Waals surface area (Å²) in [6.07, 6.45) is 18.9. The van der Waals surface area contributed by atoms with E-state index in [9.17, 15) is 0 Å². The van der Waals surface area contributed by atoms with Crippen LogP contribution in [0.25, 0.3) is 0 Å². The number of fused-ring (bicyclic) bond motifs is 6. The van der Waals surface area contributed by atoms with Crippen LogP contribution in [0.2, 0.25) is 0 Å². The van der Waals surface area contributed by atoms with Crippen molar-refractivity contribution < 1.29 is 18.9 Å². The number of rotatable bonds is 13. The normalized spacial score (nSPS) is 24.8. The zero-order valence-corrected chi connectivity index (χ0v) is 31.3. The highest BCUT2D eigenvalue weighted by Gasteiger charge is 2.47. The molecule has 4 atom stereocenters. The van der Waals surface area contributed by atoms with Gasteiger partial charge in [0.1, 0.15) is 47.4 Å². The lowest BCUT2D eigenvalue weighted by Crippen LogP contribution is -2.45. The largest absolute Gasteiger partial charge is 0.490 e. The van der Waals surface area contributed by atoms with E-state index in [2.05, 4.69) is 91.8 Å². The van der Waals surface area contributed by atoms with Crippen molar-refractivity contribution in [1.29, 1.82) is 0 Å². The summed E-state index contributed by atoms with van der Waals surface area (Å²) in [6, 6.07) is 9.21. The molecule has 0 saturated heterocycles. The lowest BCUT2D eigenvalue weighted by Gasteiger charge is -2.47. The second kappa shape index (κ2) is 14.5. The zero-order chi connectivity index (χ0) is 34.1. The molecule has 262 valence electrons. The van der Waals surface area contributed by atoms with Crippen molar-refractivity contribution in [2.75, 3.05) is 13.2 Å². The molecule has 2 aromatic carbocycles. The molecule has 4 nitrogen and oxygen atoms in total. The Morgan fingerprint density at radius 2 is 1.04 bits per heavy atom. The third-order valence-electron chi connectivity index (χ3n) is 11.8. The van der Waals surface area contributed by atoms with Gasteiger partial charge in [-0.2, -0.15) is 0 Å². The first kappa shape index (κ1) is 35.0. The molecule has 4 heteroatoms. The highest BCUT2D eigenvalue weighted by atomic mass is 16.5. The molecule has 0 amide bonds. The van der Waals surface area contributed by atoms with Gasteiger partial charge in [0, 0.05) is 34.8 Å². The summed E-state index contributed by atoms with van der Waals surface area (Å²) in [7, 11) is 0. The Kier molecular flexibility index (Phi) is 10.6. The average molecular weight is 655 g/mol. The van der Waals surface area contributed by atoms with Crippen LogP contribution in [0.4, 0.5) is 0 Å². The highest BCUT2D eigenvalue weighted by Crippen LogP contribution is 2.55. The molecule has 0 saturated carbocycles. The van der Waals surface area contributed by atoms with Crippen LogP contribution in [0.1, 0.15) is 154 Å². The van der Waals surface area contributed by atoms with E-state index in [1.54, 1.807) is 0 Å². The maximum absolute atomic E-state index is 6.82. The maximum Gasteiger partial charge on any atom is 0.127 e. The van der Waals surface area contributed by atoms with Gasteiger partial charge in [0.2, 0.25) is 0 Å². The smallest absolute Gasteiger partial charge is 0.127 e. The Balaban J connectivity index is 1.28. The molecule has 2 aliphatic carbocycles. The predicted octanol–water partition coefficient (Wildman–Crippen LogP) is 11.8. The van der Waals surface area contributed by atoms with Crippen molar-refractivity contribution in [1.82, 2.24) is 0 Å². The van der Waals surface area contributed by atoms with Crippen molar-refractivity contribution in [3.8, 4) is 23.0 Å². The van der Waals surface area contributed by atoms with Crippen molar-refractivity contribution in [3.05, 3.63) is 69.8 Å². The van der Waals surface area contributed by atoms with Gasteiger partial charge in [-0.05, 0) is 128 Å². The summed E-state index contributed by atoms with van der Waals surface area (Å²) in [6.45, 7) is 19.2. The fourth-order valence-electron chi connectivity index (χ4n) is 9.11. The van der Waals surface area contributed by atoms with Crippen LogP contribution in [0.15, 0.2) is 47.6 Å². The summed E-state index contributed by atoms with van der Waals surface area (Å²) >= 11 is 0. The first-order valence-corrected chi connectivity index (χ1v) is 19.3. The molecule has 4 aliphatic rings. The molecule has 2 aliphatic heterocycles. The summed E-state index contributed by atoms with van der Waals surface area (Å²) in [5, 5.41) is 0. The summed E-state index contributed by atoms with van der Waals surface area (Å²) < 4.78 is 27.2. The van der Waals surface area contributed by atoms with Crippen molar-refractivity contribution >= 4 is 0 Å². The zero-order valence-electron chi connectivity index (χ0n) is 31.3. The van der Waals surface area contributed by atoms with Gasteiger partial charge in [-0.15, -0.1) is 0 Å². The van der Waals surface area contributed by atoms with Gasteiger partial charge in [-0.3, -0.25) is 0 Å². The molecule has 0 radical (unpaired) electrons. The minimum atomic E-state index is -0.209. The molecule has 6 rings (SSSR count). The van der Waals surface area contributed by atoms with Gasteiger partial charge in [-0.1, -0.05) is 62.8 Å². The first-order chi connectivity index (χ1) is 23.0. The van der Waals surface area contributed by atoms with E-state index < -0.39 is 0 Å². The summed E-state index contributed by atoms with van der Waals surface area (Å²) in [5.74, 6) is 5.46.